The number of amides is 1. The molecule has 2 rings (SSSR count). The predicted molar refractivity (Wildman–Crippen MR) is 107 cm³/mol. The Hall–Kier alpha value is -1.80. The lowest BCUT2D eigenvalue weighted by molar-refractivity contribution is -0.116. The number of hydrogen-bond donors (Lipinski definition) is 1. The Morgan fingerprint density at radius 2 is 1.85 bits per heavy atom. The molecule has 0 bridgehead atoms. The van der Waals surface area contributed by atoms with Gasteiger partial charge in [-0.1, -0.05) is 36.2 Å². The summed E-state index contributed by atoms with van der Waals surface area (Å²) in [5, 5.41) is 3.27. The number of benzene rings is 2. The third kappa shape index (κ3) is 5.13. The zero-order valence-corrected chi connectivity index (χ0v) is 17.5. The Morgan fingerprint density at radius 3 is 2.44 bits per heavy atom. The van der Waals surface area contributed by atoms with Crippen LogP contribution in [0.15, 0.2) is 41.3 Å². The van der Waals surface area contributed by atoms with Gasteiger partial charge in [0.2, 0.25) is 15.9 Å². The molecule has 0 radical (unpaired) electrons. The van der Waals surface area contributed by atoms with Crippen LogP contribution in [-0.4, -0.2) is 38.8 Å². The van der Waals surface area contributed by atoms with Crippen LogP contribution in [0, 0.1) is 6.92 Å². The lowest BCUT2D eigenvalue weighted by Gasteiger charge is -2.21. The number of rotatable bonds is 7. The molecule has 0 spiro atoms. The highest BCUT2D eigenvalue weighted by Crippen LogP contribution is 2.28. The van der Waals surface area contributed by atoms with Gasteiger partial charge >= 0.3 is 0 Å². The summed E-state index contributed by atoms with van der Waals surface area (Å²) in [5.74, 6) is -0.269. The number of ether oxygens (including phenoxy) is 1. The van der Waals surface area contributed by atoms with Crippen LogP contribution in [0.3, 0.4) is 0 Å². The number of hydrogen-bond acceptors (Lipinski definition) is 4. The first-order chi connectivity index (χ1) is 12.7. The Kier molecular flexibility index (Phi) is 7.11. The summed E-state index contributed by atoms with van der Waals surface area (Å²) in [7, 11) is -2.52. The quantitative estimate of drug-likeness (QED) is 0.720. The van der Waals surface area contributed by atoms with E-state index in [2.05, 4.69) is 5.32 Å². The van der Waals surface area contributed by atoms with Gasteiger partial charge in [-0.2, -0.15) is 4.31 Å². The first-order valence-corrected chi connectivity index (χ1v) is 10.3. The fourth-order valence-electron chi connectivity index (χ4n) is 2.43. The fourth-order valence-corrected chi connectivity index (χ4v) is 4.37. The van der Waals surface area contributed by atoms with Crippen molar-refractivity contribution in [2.75, 3.05) is 25.5 Å². The molecule has 2 aromatic carbocycles. The van der Waals surface area contributed by atoms with Gasteiger partial charge in [-0.3, -0.25) is 4.79 Å². The molecule has 2 aromatic rings. The van der Waals surface area contributed by atoms with E-state index in [1.54, 1.807) is 38.1 Å². The first-order valence-electron chi connectivity index (χ1n) is 8.08. The largest absolute Gasteiger partial charge is 0.495 e. The fraction of sp³-hybridized carbons (Fsp3) is 0.278. The first kappa shape index (κ1) is 21.5. The molecule has 0 aliphatic rings. The van der Waals surface area contributed by atoms with E-state index in [0.29, 0.717) is 15.7 Å². The van der Waals surface area contributed by atoms with Gasteiger partial charge in [0, 0.05) is 12.2 Å². The number of nitrogens with zero attached hydrogens (tertiary/aromatic N) is 1. The van der Waals surface area contributed by atoms with Gasteiger partial charge in [-0.05, 0) is 42.8 Å². The van der Waals surface area contributed by atoms with Crippen LogP contribution in [0.5, 0.6) is 5.75 Å². The molecule has 0 aliphatic heterocycles. The molecular weight excluding hydrogens is 411 g/mol. The number of aryl methyl sites for hydroxylation is 1. The van der Waals surface area contributed by atoms with Gasteiger partial charge in [0.05, 0.1) is 23.7 Å². The summed E-state index contributed by atoms with van der Waals surface area (Å²) >= 11 is 11.8. The van der Waals surface area contributed by atoms with E-state index in [1.165, 1.54) is 19.2 Å². The molecule has 1 amide bonds. The highest BCUT2D eigenvalue weighted by atomic mass is 35.5. The molecule has 0 saturated heterocycles. The van der Waals surface area contributed by atoms with Gasteiger partial charge in [-0.25, -0.2) is 8.42 Å². The summed E-state index contributed by atoms with van der Waals surface area (Å²) in [6.07, 6.45) is 0. The number of likely N-dealkylation sites (N-methyl/N-ethyl adjacent to an activating group) is 1. The van der Waals surface area contributed by atoms with E-state index >= 15 is 0 Å². The van der Waals surface area contributed by atoms with E-state index < -0.39 is 15.9 Å². The maximum absolute atomic E-state index is 13.0. The predicted octanol–water partition coefficient (Wildman–Crippen LogP) is 3.96. The Morgan fingerprint density at radius 1 is 1.15 bits per heavy atom. The number of methoxy groups -OCH3 is 1. The highest BCUT2D eigenvalue weighted by Gasteiger charge is 2.28. The molecular formula is C18H20Cl2N2O4S. The minimum absolute atomic E-state index is 0.0224. The monoisotopic (exact) mass is 430 g/mol. The molecule has 0 heterocycles. The molecule has 0 aliphatic carbocycles. The number of sulfonamides is 1. The van der Waals surface area contributed by atoms with Crippen molar-refractivity contribution in [2.45, 2.75) is 18.7 Å². The van der Waals surface area contributed by atoms with E-state index in [1.807, 2.05) is 0 Å². The molecule has 0 saturated carbocycles. The van der Waals surface area contributed by atoms with Gasteiger partial charge in [0.15, 0.2) is 0 Å². The van der Waals surface area contributed by atoms with Crippen molar-refractivity contribution in [3.63, 3.8) is 0 Å². The lowest BCUT2D eigenvalue weighted by Crippen LogP contribution is -2.38. The van der Waals surface area contributed by atoms with Crippen molar-refractivity contribution in [1.82, 2.24) is 4.31 Å². The maximum Gasteiger partial charge on any atom is 0.247 e. The summed E-state index contributed by atoms with van der Waals surface area (Å²) in [6, 6.07) is 9.49. The standard InChI is InChI=1S/C18H20Cl2N2O4S/c1-4-22(11-18(23)21-13-6-7-14(19)15(20)10-13)27(24,25)17-9-12(2)5-8-16(17)26-3/h5-10H,4,11H2,1-3H3,(H,21,23). The topological polar surface area (TPSA) is 75.7 Å². The summed E-state index contributed by atoms with van der Waals surface area (Å²) < 4.78 is 32.3. The lowest BCUT2D eigenvalue weighted by atomic mass is 10.2. The van der Waals surface area contributed by atoms with Crippen LogP contribution in [0.2, 0.25) is 10.0 Å². The van der Waals surface area contributed by atoms with Crippen molar-refractivity contribution in [1.29, 1.82) is 0 Å². The smallest absolute Gasteiger partial charge is 0.247 e. The molecule has 0 atom stereocenters. The van der Waals surface area contributed by atoms with Crippen LogP contribution >= 0.6 is 23.2 Å². The SMILES string of the molecule is CCN(CC(=O)Nc1ccc(Cl)c(Cl)c1)S(=O)(=O)c1cc(C)ccc1OC. The van der Waals surface area contributed by atoms with Crippen LogP contribution in [-0.2, 0) is 14.8 Å². The van der Waals surface area contributed by atoms with Gasteiger partial charge < -0.3 is 10.1 Å². The van der Waals surface area contributed by atoms with Crippen molar-refractivity contribution >= 4 is 44.8 Å². The van der Waals surface area contributed by atoms with Crippen molar-refractivity contribution in [3.05, 3.63) is 52.0 Å². The Bertz CT molecular complexity index is 948. The number of carbonyl (C=O) groups excluding carboxylic acids is 1. The van der Waals surface area contributed by atoms with Crippen LogP contribution in [0.25, 0.3) is 0 Å². The maximum atomic E-state index is 13.0. The van der Waals surface area contributed by atoms with E-state index in [0.717, 1.165) is 9.87 Å². The molecule has 9 heteroatoms. The summed E-state index contributed by atoms with van der Waals surface area (Å²) in [6.45, 7) is 3.21. The number of nitrogens with one attached hydrogen (secondary N) is 1. The number of anilines is 1. The number of halogens is 2. The van der Waals surface area contributed by atoms with Gasteiger partial charge in [0.1, 0.15) is 10.6 Å². The third-order valence-corrected chi connectivity index (χ3v) is 6.49. The average Bonchev–Trinajstić information content (AvgIpc) is 2.62. The van der Waals surface area contributed by atoms with Gasteiger partial charge in [0.25, 0.3) is 0 Å². The third-order valence-electron chi connectivity index (χ3n) is 3.81. The minimum Gasteiger partial charge on any atom is -0.495 e. The van der Waals surface area contributed by atoms with Crippen molar-refractivity contribution in [3.8, 4) is 5.75 Å². The molecule has 0 aromatic heterocycles. The van der Waals surface area contributed by atoms with Crippen molar-refractivity contribution < 1.29 is 17.9 Å². The van der Waals surface area contributed by atoms with E-state index in [9.17, 15) is 13.2 Å². The second-order valence-electron chi connectivity index (χ2n) is 5.76. The van der Waals surface area contributed by atoms with Crippen LogP contribution < -0.4 is 10.1 Å². The Balaban J connectivity index is 2.23. The summed E-state index contributed by atoms with van der Waals surface area (Å²) in [5.41, 5.74) is 1.20. The zero-order valence-electron chi connectivity index (χ0n) is 15.1. The van der Waals surface area contributed by atoms with E-state index in [4.69, 9.17) is 27.9 Å². The van der Waals surface area contributed by atoms with E-state index in [-0.39, 0.29) is 23.7 Å². The normalized spacial score (nSPS) is 11.5. The molecule has 146 valence electrons. The molecule has 0 fully saturated rings. The second-order valence-corrected chi connectivity index (χ2v) is 8.48. The minimum atomic E-state index is -3.92. The van der Waals surface area contributed by atoms with Gasteiger partial charge in [-0.15, -0.1) is 0 Å². The van der Waals surface area contributed by atoms with Crippen LogP contribution in [0.1, 0.15) is 12.5 Å². The van der Waals surface area contributed by atoms with Crippen LogP contribution in [0.4, 0.5) is 5.69 Å². The summed E-state index contributed by atoms with van der Waals surface area (Å²) in [4.78, 5) is 12.4. The zero-order chi connectivity index (χ0) is 20.2. The molecule has 1 N–H and O–H groups in total. The molecule has 6 nitrogen and oxygen atoms in total. The molecule has 0 unspecified atom stereocenters. The highest BCUT2D eigenvalue weighted by molar-refractivity contribution is 7.89. The Labute approximate surface area is 169 Å². The average molecular weight is 431 g/mol. The second kappa shape index (κ2) is 8.93. The molecule has 27 heavy (non-hydrogen) atoms. The number of carbonyl (C=O) groups is 1. The van der Waals surface area contributed by atoms with Crippen molar-refractivity contribution in [2.24, 2.45) is 0 Å².